The number of alkyl halides is 3. The second kappa shape index (κ2) is 5.85. The fourth-order valence-electron chi connectivity index (χ4n) is 1.54. The number of amides is 1. The third-order valence-corrected chi connectivity index (χ3v) is 4.06. The molecule has 0 saturated carbocycles. The first-order valence-electron chi connectivity index (χ1n) is 5.56. The molecule has 1 N–H and O–H groups in total. The molecule has 0 atom stereocenters. The lowest BCUT2D eigenvalue weighted by molar-refractivity contribution is -0.135. The van der Waals surface area contributed by atoms with Gasteiger partial charge in [0.25, 0.3) is 0 Å². The molecule has 0 aliphatic rings. The monoisotopic (exact) mass is 319 g/mol. The van der Waals surface area contributed by atoms with Crippen molar-refractivity contribution in [1.29, 1.82) is 0 Å². The van der Waals surface area contributed by atoms with Crippen LogP contribution in [0.4, 0.5) is 13.2 Å². The minimum absolute atomic E-state index is 0.491. The molecule has 1 aromatic carbocycles. The van der Waals surface area contributed by atoms with Gasteiger partial charge in [0, 0.05) is 21.0 Å². The van der Waals surface area contributed by atoms with Crippen LogP contribution in [0.25, 0.3) is 16.2 Å². The molecule has 1 heterocycles. The van der Waals surface area contributed by atoms with E-state index in [0.717, 1.165) is 16.2 Å². The summed E-state index contributed by atoms with van der Waals surface area (Å²) < 4.78 is 36.7. The number of carbonyl (C=O) groups is 1. The summed E-state index contributed by atoms with van der Waals surface area (Å²) in [5.74, 6) is -0.809. The zero-order valence-corrected chi connectivity index (χ0v) is 11.6. The van der Waals surface area contributed by atoms with Crippen molar-refractivity contribution >= 4 is 45.0 Å². The largest absolute Gasteiger partial charge is 0.405 e. The maximum Gasteiger partial charge on any atom is 0.405 e. The Hall–Kier alpha value is -1.53. The topological polar surface area (TPSA) is 29.1 Å². The summed E-state index contributed by atoms with van der Waals surface area (Å²) in [6.45, 7) is -1.35. The number of thiophene rings is 1. The molecule has 106 valence electrons. The first kappa shape index (κ1) is 14.9. The van der Waals surface area contributed by atoms with Crippen LogP contribution < -0.4 is 5.32 Å². The third kappa shape index (κ3) is 3.74. The molecule has 2 nitrogen and oxygen atoms in total. The van der Waals surface area contributed by atoms with Gasteiger partial charge in [-0.2, -0.15) is 13.2 Å². The van der Waals surface area contributed by atoms with Crippen LogP contribution in [0.3, 0.4) is 0 Å². The van der Waals surface area contributed by atoms with Crippen LogP contribution in [0.2, 0.25) is 5.02 Å². The first-order chi connectivity index (χ1) is 9.37. The molecule has 0 fully saturated rings. The van der Waals surface area contributed by atoms with Crippen LogP contribution >= 0.6 is 22.9 Å². The van der Waals surface area contributed by atoms with Gasteiger partial charge in [0.05, 0.1) is 5.02 Å². The molecule has 0 bridgehead atoms. The Bertz CT molecular complexity index is 663. The molecule has 7 heteroatoms. The van der Waals surface area contributed by atoms with Crippen molar-refractivity contribution in [3.8, 4) is 0 Å². The van der Waals surface area contributed by atoms with Crippen LogP contribution in [-0.4, -0.2) is 18.6 Å². The van der Waals surface area contributed by atoms with Crippen LogP contribution in [-0.2, 0) is 4.79 Å². The van der Waals surface area contributed by atoms with E-state index in [1.165, 1.54) is 17.4 Å². The van der Waals surface area contributed by atoms with Crippen LogP contribution in [0.5, 0.6) is 0 Å². The molecule has 0 radical (unpaired) electrons. The Labute approximate surface area is 121 Å². The summed E-state index contributed by atoms with van der Waals surface area (Å²) in [6.07, 6.45) is -1.96. The lowest BCUT2D eigenvalue weighted by Crippen LogP contribution is -2.32. The zero-order chi connectivity index (χ0) is 14.8. The number of hydrogen-bond acceptors (Lipinski definition) is 2. The predicted molar refractivity (Wildman–Crippen MR) is 74.9 cm³/mol. The van der Waals surface area contributed by atoms with E-state index in [9.17, 15) is 18.0 Å². The van der Waals surface area contributed by atoms with E-state index in [1.807, 2.05) is 24.3 Å². The molecule has 0 saturated heterocycles. The number of benzene rings is 1. The van der Waals surface area contributed by atoms with E-state index in [0.29, 0.717) is 9.90 Å². The molecule has 1 aromatic heterocycles. The Morgan fingerprint density at radius 1 is 1.35 bits per heavy atom. The fraction of sp³-hybridized carbons (Fsp3) is 0.154. The van der Waals surface area contributed by atoms with Crippen molar-refractivity contribution in [3.63, 3.8) is 0 Å². The molecular weight excluding hydrogens is 311 g/mol. The van der Waals surface area contributed by atoms with Crippen molar-refractivity contribution in [3.05, 3.63) is 40.2 Å². The standard InChI is InChI=1S/C13H9ClF3NOS/c14-12-8-3-1-2-4-9(8)20-10(12)5-6-11(19)18-7-13(15,16)17/h1-6H,7H2,(H,18,19). The second-order valence-electron chi connectivity index (χ2n) is 3.94. The van der Waals surface area contributed by atoms with Gasteiger partial charge in [0.15, 0.2) is 0 Å². The lowest BCUT2D eigenvalue weighted by atomic mass is 10.2. The van der Waals surface area contributed by atoms with E-state index >= 15 is 0 Å². The molecule has 0 aliphatic heterocycles. The first-order valence-corrected chi connectivity index (χ1v) is 6.76. The molecule has 0 unspecified atom stereocenters. The Morgan fingerprint density at radius 2 is 2.05 bits per heavy atom. The number of carbonyl (C=O) groups excluding carboxylic acids is 1. The van der Waals surface area contributed by atoms with Crippen molar-refractivity contribution in [2.45, 2.75) is 6.18 Å². The second-order valence-corrected chi connectivity index (χ2v) is 5.40. The summed E-state index contributed by atoms with van der Waals surface area (Å²) >= 11 is 7.51. The zero-order valence-electron chi connectivity index (χ0n) is 10.00. The van der Waals surface area contributed by atoms with E-state index in [-0.39, 0.29) is 0 Å². The number of rotatable bonds is 3. The van der Waals surface area contributed by atoms with Crippen molar-refractivity contribution in [2.75, 3.05) is 6.54 Å². The maximum atomic E-state index is 11.9. The summed E-state index contributed by atoms with van der Waals surface area (Å²) in [5, 5.41) is 3.10. The van der Waals surface area contributed by atoms with Crippen molar-refractivity contribution < 1.29 is 18.0 Å². The van der Waals surface area contributed by atoms with E-state index in [1.54, 1.807) is 5.32 Å². The average molecular weight is 320 g/mol. The van der Waals surface area contributed by atoms with Gasteiger partial charge in [-0.15, -0.1) is 11.3 Å². The molecule has 2 aromatic rings. The molecule has 1 amide bonds. The van der Waals surface area contributed by atoms with Crippen LogP contribution in [0.15, 0.2) is 30.3 Å². The van der Waals surface area contributed by atoms with Crippen molar-refractivity contribution in [2.24, 2.45) is 0 Å². The normalized spacial score (nSPS) is 12.2. The number of hydrogen-bond donors (Lipinski definition) is 1. The van der Waals surface area contributed by atoms with Gasteiger partial charge < -0.3 is 5.32 Å². The van der Waals surface area contributed by atoms with Crippen LogP contribution in [0, 0.1) is 0 Å². The summed E-state index contributed by atoms with van der Waals surface area (Å²) in [7, 11) is 0. The number of halogens is 4. The minimum atomic E-state index is -4.42. The molecule has 0 aliphatic carbocycles. The van der Waals surface area contributed by atoms with Gasteiger partial charge in [-0.3, -0.25) is 4.79 Å². The van der Waals surface area contributed by atoms with Gasteiger partial charge in [0.2, 0.25) is 5.91 Å². The Balaban J connectivity index is 2.10. The van der Waals surface area contributed by atoms with E-state index < -0.39 is 18.6 Å². The van der Waals surface area contributed by atoms with E-state index in [4.69, 9.17) is 11.6 Å². The average Bonchev–Trinajstić information content (AvgIpc) is 2.71. The Kier molecular flexibility index (Phi) is 4.35. The van der Waals surface area contributed by atoms with Gasteiger partial charge in [-0.1, -0.05) is 29.8 Å². The number of nitrogens with one attached hydrogen (secondary N) is 1. The highest BCUT2D eigenvalue weighted by Crippen LogP contribution is 2.35. The van der Waals surface area contributed by atoms with Gasteiger partial charge in [-0.25, -0.2) is 0 Å². The molecule has 20 heavy (non-hydrogen) atoms. The Morgan fingerprint density at radius 3 is 2.70 bits per heavy atom. The van der Waals surface area contributed by atoms with Crippen LogP contribution in [0.1, 0.15) is 4.88 Å². The summed E-state index contributed by atoms with van der Waals surface area (Å²) in [4.78, 5) is 11.9. The lowest BCUT2D eigenvalue weighted by Gasteiger charge is -2.05. The minimum Gasteiger partial charge on any atom is -0.343 e. The molecular formula is C13H9ClF3NOS. The highest BCUT2D eigenvalue weighted by atomic mass is 35.5. The molecule has 2 rings (SSSR count). The fourth-order valence-corrected chi connectivity index (χ4v) is 2.94. The van der Waals surface area contributed by atoms with E-state index in [2.05, 4.69) is 0 Å². The summed E-state index contributed by atoms with van der Waals surface area (Å²) in [5.41, 5.74) is 0. The van der Waals surface area contributed by atoms with Gasteiger partial charge >= 0.3 is 6.18 Å². The third-order valence-electron chi connectivity index (χ3n) is 2.41. The SMILES string of the molecule is O=C(C=Cc1sc2ccccc2c1Cl)NCC(F)(F)F. The maximum absolute atomic E-state index is 11.9. The van der Waals surface area contributed by atoms with Gasteiger partial charge in [0.1, 0.15) is 6.54 Å². The quantitative estimate of drug-likeness (QED) is 0.842. The predicted octanol–water partition coefficient (Wildman–Crippen LogP) is 4.25. The number of fused-ring (bicyclic) bond motifs is 1. The highest BCUT2D eigenvalue weighted by Gasteiger charge is 2.27. The highest BCUT2D eigenvalue weighted by molar-refractivity contribution is 7.20. The van der Waals surface area contributed by atoms with Crippen molar-refractivity contribution in [1.82, 2.24) is 5.32 Å². The summed E-state index contributed by atoms with van der Waals surface area (Å²) in [6, 6.07) is 7.42. The van der Waals surface area contributed by atoms with Gasteiger partial charge in [-0.05, 0) is 12.1 Å². The smallest absolute Gasteiger partial charge is 0.343 e. The molecule has 0 spiro atoms.